The third-order valence-corrected chi connectivity index (χ3v) is 5.80. The third-order valence-electron chi connectivity index (χ3n) is 4.54. The smallest absolute Gasteiger partial charge is 0.354 e. The Hall–Kier alpha value is -3.97. The Morgan fingerprint density at radius 3 is 2.53 bits per heavy atom. The van der Waals surface area contributed by atoms with Crippen LogP contribution in [0, 0.1) is 17.0 Å². The van der Waals surface area contributed by atoms with Crippen LogP contribution < -0.4 is 25.0 Å². The number of nitrogens with one attached hydrogen (secondary N) is 3. The minimum atomic E-state index is -3.98. The molecule has 3 aromatic rings. The van der Waals surface area contributed by atoms with Crippen LogP contribution in [-0.2, 0) is 16.6 Å². The monoisotopic (exact) mass is 458 g/mol. The molecule has 0 atom stereocenters. The van der Waals surface area contributed by atoms with Crippen LogP contribution in [0.15, 0.2) is 53.7 Å². The van der Waals surface area contributed by atoms with Crippen molar-refractivity contribution in [1.29, 1.82) is 0 Å². The van der Waals surface area contributed by atoms with Gasteiger partial charge in [-0.3, -0.25) is 15.5 Å². The van der Waals surface area contributed by atoms with Gasteiger partial charge in [-0.1, -0.05) is 23.8 Å². The molecular formula is C19H18N6O6S. The number of hydrogen-bond acceptors (Lipinski definition) is 10. The second kappa shape index (κ2) is 8.64. The van der Waals surface area contributed by atoms with E-state index in [1.165, 1.54) is 12.1 Å². The summed E-state index contributed by atoms with van der Waals surface area (Å²) in [6.07, 6.45) is 1.08. The molecule has 1 aliphatic rings. The summed E-state index contributed by atoms with van der Waals surface area (Å²) in [6, 6.07) is 11.4. The lowest BCUT2D eigenvalue weighted by atomic mass is 10.2. The second-order valence-electron chi connectivity index (χ2n) is 6.76. The summed E-state index contributed by atoms with van der Waals surface area (Å²) in [4.78, 5) is 20.8. The molecule has 1 aliphatic heterocycles. The van der Waals surface area contributed by atoms with Gasteiger partial charge in [0.05, 0.1) is 9.82 Å². The van der Waals surface area contributed by atoms with Crippen LogP contribution >= 0.6 is 0 Å². The molecule has 0 amide bonds. The zero-order valence-corrected chi connectivity index (χ0v) is 17.5. The molecule has 0 saturated heterocycles. The number of aryl methyl sites for hydroxylation is 1. The van der Waals surface area contributed by atoms with Crippen molar-refractivity contribution in [2.75, 3.05) is 17.5 Å². The lowest BCUT2D eigenvalue weighted by molar-refractivity contribution is -0.383. The van der Waals surface area contributed by atoms with Crippen molar-refractivity contribution < 1.29 is 22.8 Å². The topological polar surface area (TPSA) is 158 Å². The Morgan fingerprint density at radius 2 is 1.78 bits per heavy atom. The van der Waals surface area contributed by atoms with Gasteiger partial charge in [-0.25, -0.2) is 18.4 Å². The molecule has 2 aromatic carbocycles. The predicted octanol–water partition coefficient (Wildman–Crippen LogP) is 2.34. The van der Waals surface area contributed by atoms with E-state index in [0.29, 0.717) is 11.5 Å². The summed E-state index contributed by atoms with van der Waals surface area (Å²) in [6.45, 7) is 2.16. The van der Waals surface area contributed by atoms with Crippen molar-refractivity contribution in [2.45, 2.75) is 18.4 Å². The summed E-state index contributed by atoms with van der Waals surface area (Å²) >= 11 is 0. The molecule has 0 saturated carbocycles. The van der Waals surface area contributed by atoms with Gasteiger partial charge in [-0.05, 0) is 36.8 Å². The van der Waals surface area contributed by atoms with E-state index in [1.54, 1.807) is 30.3 Å². The fourth-order valence-electron chi connectivity index (χ4n) is 2.90. The molecule has 2 heterocycles. The van der Waals surface area contributed by atoms with Crippen LogP contribution in [0.25, 0.3) is 0 Å². The number of ether oxygens (including phenoxy) is 2. The van der Waals surface area contributed by atoms with Crippen molar-refractivity contribution in [3.05, 3.63) is 70.0 Å². The first-order valence-electron chi connectivity index (χ1n) is 9.30. The fourth-order valence-corrected chi connectivity index (χ4v) is 3.74. The molecule has 0 fully saturated rings. The quantitative estimate of drug-likeness (QED) is 0.338. The van der Waals surface area contributed by atoms with Gasteiger partial charge in [0, 0.05) is 6.54 Å². The lowest BCUT2D eigenvalue weighted by Gasteiger charge is -2.11. The van der Waals surface area contributed by atoms with Gasteiger partial charge in [0.1, 0.15) is 6.33 Å². The number of nitrogens with zero attached hydrogens (tertiary/aromatic N) is 3. The number of sulfonamides is 1. The third kappa shape index (κ3) is 4.53. The molecule has 0 bridgehead atoms. The second-order valence-corrected chi connectivity index (χ2v) is 8.44. The van der Waals surface area contributed by atoms with Crippen LogP contribution in [0.3, 0.4) is 0 Å². The average Bonchev–Trinajstić information content (AvgIpc) is 3.24. The minimum absolute atomic E-state index is 0.00605. The highest BCUT2D eigenvalue weighted by atomic mass is 32.2. The number of benzene rings is 2. The summed E-state index contributed by atoms with van der Waals surface area (Å²) in [5.41, 5.74) is 3.46. The molecule has 1 aromatic heterocycles. The van der Waals surface area contributed by atoms with Crippen LogP contribution in [-0.4, -0.2) is 30.1 Å². The zero-order valence-electron chi connectivity index (χ0n) is 16.7. The van der Waals surface area contributed by atoms with Gasteiger partial charge in [0.15, 0.2) is 11.5 Å². The maximum atomic E-state index is 12.5. The van der Waals surface area contributed by atoms with E-state index in [2.05, 4.69) is 25.5 Å². The Labute approximate surface area is 182 Å². The standard InChI is InChI=1S/C19H18N6O6S/c1-12-2-5-14(6-3-12)32(28,29)24-23-19-17(25(26)27)18(21-10-22-19)20-9-13-4-7-15-16(8-13)31-11-30-15/h2-8,10,24H,9,11H2,1H3,(H2,20,21,22,23). The van der Waals surface area contributed by atoms with Crippen molar-refractivity contribution >= 4 is 27.3 Å². The molecule has 13 heteroatoms. The Balaban J connectivity index is 1.51. The van der Waals surface area contributed by atoms with Crippen molar-refractivity contribution in [3.8, 4) is 11.5 Å². The Bertz CT molecular complexity index is 1270. The van der Waals surface area contributed by atoms with E-state index in [0.717, 1.165) is 17.5 Å². The van der Waals surface area contributed by atoms with Crippen LogP contribution in [0.5, 0.6) is 11.5 Å². The largest absolute Gasteiger partial charge is 0.454 e. The van der Waals surface area contributed by atoms with Crippen LogP contribution in [0.4, 0.5) is 17.3 Å². The van der Waals surface area contributed by atoms with Crippen molar-refractivity contribution in [3.63, 3.8) is 0 Å². The van der Waals surface area contributed by atoms with Gasteiger partial charge >= 0.3 is 5.69 Å². The SMILES string of the molecule is Cc1ccc(S(=O)(=O)NNc2ncnc(NCc3ccc4c(c3)OCO4)c2[N+](=O)[O-])cc1. The summed E-state index contributed by atoms with van der Waals surface area (Å²) < 4.78 is 35.5. The van der Waals surface area contributed by atoms with Gasteiger partial charge in [-0.15, -0.1) is 4.83 Å². The zero-order chi connectivity index (χ0) is 22.7. The molecular weight excluding hydrogens is 440 g/mol. The van der Waals surface area contributed by atoms with Crippen molar-refractivity contribution in [2.24, 2.45) is 0 Å². The van der Waals surface area contributed by atoms with Crippen LogP contribution in [0.2, 0.25) is 0 Å². The van der Waals surface area contributed by atoms with Crippen LogP contribution in [0.1, 0.15) is 11.1 Å². The molecule has 32 heavy (non-hydrogen) atoms. The van der Waals surface area contributed by atoms with E-state index in [4.69, 9.17) is 9.47 Å². The number of rotatable bonds is 8. The summed E-state index contributed by atoms with van der Waals surface area (Å²) in [7, 11) is -3.98. The number of hydrazine groups is 1. The summed E-state index contributed by atoms with van der Waals surface area (Å²) in [5.74, 6) is 0.803. The summed E-state index contributed by atoms with van der Waals surface area (Å²) in [5, 5.41) is 14.5. The Kier molecular flexibility index (Phi) is 5.75. The van der Waals surface area contributed by atoms with E-state index in [1.807, 2.05) is 6.92 Å². The number of anilines is 2. The molecule has 0 aliphatic carbocycles. The maximum Gasteiger partial charge on any atom is 0.354 e. The minimum Gasteiger partial charge on any atom is -0.454 e. The number of fused-ring (bicyclic) bond motifs is 1. The normalized spacial score (nSPS) is 12.4. The highest BCUT2D eigenvalue weighted by molar-refractivity contribution is 7.89. The van der Waals surface area contributed by atoms with Gasteiger partial charge in [0.2, 0.25) is 18.4 Å². The van der Waals surface area contributed by atoms with Crippen molar-refractivity contribution in [1.82, 2.24) is 14.8 Å². The Morgan fingerprint density at radius 1 is 1.06 bits per heavy atom. The molecule has 166 valence electrons. The molecule has 0 radical (unpaired) electrons. The molecule has 4 rings (SSSR count). The number of hydrogen-bond donors (Lipinski definition) is 3. The first-order valence-corrected chi connectivity index (χ1v) is 10.8. The molecule has 0 spiro atoms. The highest BCUT2D eigenvalue weighted by Gasteiger charge is 2.25. The lowest BCUT2D eigenvalue weighted by Crippen LogP contribution is -2.30. The van der Waals surface area contributed by atoms with Gasteiger partial charge in [0.25, 0.3) is 10.0 Å². The van der Waals surface area contributed by atoms with E-state index < -0.39 is 20.6 Å². The van der Waals surface area contributed by atoms with E-state index in [9.17, 15) is 18.5 Å². The molecule has 12 nitrogen and oxygen atoms in total. The van der Waals surface area contributed by atoms with E-state index in [-0.39, 0.29) is 29.9 Å². The fraction of sp³-hybridized carbons (Fsp3) is 0.158. The van der Waals surface area contributed by atoms with Gasteiger partial charge in [-0.2, -0.15) is 0 Å². The number of aromatic nitrogens is 2. The highest BCUT2D eigenvalue weighted by Crippen LogP contribution is 2.33. The number of nitro groups is 1. The van der Waals surface area contributed by atoms with Gasteiger partial charge < -0.3 is 14.8 Å². The molecule has 3 N–H and O–H groups in total. The first-order chi connectivity index (χ1) is 15.3. The average molecular weight is 458 g/mol. The first kappa shape index (κ1) is 21.3. The maximum absolute atomic E-state index is 12.5. The molecule has 0 unspecified atom stereocenters. The predicted molar refractivity (Wildman–Crippen MR) is 114 cm³/mol. The van der Waals surface area contributed by atoms with E-state index >= 15 is 0 Å².